The molecule has 0 radical (unpaired) electrons. The lowest BCUT2D eigenvalue weighted by molar-refractivity contribution is -0.118. The van der Waals surface area contributed by atoms with Gasteiger partial charge in [0.15, 0.2) is 17.5 Å². The first-order valence-electron chi connectivity index (χ1n) is 8.13. The molecule has 0 fully saturated rings. The minimum Gasteiger partial charge on any atom is -0.454 e. The number of rotatable bonds is 8. The minimum absolute atomic E-state index is 0.0119. The predicted molar refractivity (Wildman–Crippen MR) is 90.7 cm³/mol. The second-order valence-corrected chi connectivity index (χ2v) is 5.30. The summed E-state index contributed by atoms with van der Waals surface area (Å²) >= 11 is 0. The summed E-state index contributed by atoms with van der Waals surface area (Å²) in [5, 5.41) is 8.73. The van der Waals surface area contributed by atoms with Gasteiger partial charge in [0.2, 0.25) is 12.7 Å². The Balaban J connectivity index is 2.07. The van der Waals surface area contributed by atoms with E-state index in [-0.39, 0.29) is 25.0 Å². The van der Waals surface area contributed by atoms with E-state index < -0.39 is 6.61 Å². The summed E-state index contributed by atoms with van der Waals surface area (Å²) in [5.41, 5.74) is 0.439. The Labute approximate surface area is 149 Å². The van der Waals surface area contributed by atoms with E-state index in [9.17, 15) is 13.6 Å². The van der Waals surface area contributed by atoms with Gasteiger partial charge in [0, 0.05) is 38.2 Å². The first kappa shape index (κ1) is 19.5. The fraction of sp³-hybridized carbons (Fsp3) is 0.500. The number of nitrogens with zero attached hydrogens (tertiary/aromatic N) is 1. The molecule has 0 atom stereocenters. The van der Waals surface area contributed by atoms with Gasteiger partial charge in [-0.25, -0.2) is 4.99 Å². The number of ether oxygens (including phenoxy) is 3. The number of hydrogen-bond acceptors (Lipinski definition) is 5. The van der Waals surface area contributed by atoms with Crippen molar-refractivity contribution in [2.24, 2.45) is 4.99 Å². The summed E-state index contributed by atoms with van der Waals surface area (Å²) in [4.78, 5) is 15.2. The van der Waals surface area contributed by atoms with Crippen molar-refractivity contribution in [1.29, 1.82) is 0 Å². The quantitative estimate of drug-likeness (QED) is 0.361. The number of carbonyl (C=O) groups is 1. The zero-order valence-corrected chi connectivity index (χ0v) is 14.6. The number of fused-ring (bicyclic) bond motifs is 1. The van der Waals surface area contributed by atoms with E-state index in [1.54, 1.807) is 6.07 Å². The number of halogens is 2. The van der Waals surface area contributed by atoms with Crippen LogP contribution in [0.1, 0.15) is 19.4 Å². The number of amides is 1. The van der Waals surface area contributed by atoms with Gasteiger partial charge < -0.3 is 30.2 Å². The molecule has 8 nitrogen and oxygen atoms in total. The van der Waals surface area contributed by atoms with Crippen LogP contribution >= 0.6 is 0 Å². The average molecular weight is 372 g/mol. The Morgan fingerprint density at radius 1 is 1.23 bits per heavy atom. The highest BCUT2D eigenvalue weighted by Crippen LogP contribution is 2.38. The van der Waals surface area contributed by atoms with Crippen LogP contribution in [-0.2, 0) is 11.3 Å². The Morgan fingerprint density at radius 2 is 1.92 bits per heavy atom. The molecule has 3 N–H and O–H groups in total. The van der Waals surface area contributed by atoms with Gasteiger partial charge in [0.05, 0.1) is 6.54 Å². The first-order chi connectivity index (χ1) is 12.5. The predicted octanol–water partition coefficient (Wildman–Crippen LogP) is 1.21. The Morgan fingerprint density at radius 3 is 2.58 bits per heavy atom. The summed E-state index contributed by atoms with van der Waals surface area (Å²) in [7, 11) is 0. The fourth-order valence-corrected chi connectivity index (χ4v) is 2.22. The lowest BCUT2D eigenvalue weighted by Crippen LogP contribution is -2.41. The zero-order valence-electron chi connectivity index (χ0n) is 14.6. The fourth-order valence-electron chi connectivity index (χ4n) is 2.22. The second kappa shape index (κ2) is 9.64. The Kier molecular flexibility index (Phi) is 7.24. The number of guanidine groups is 1. The van der Waals surface area contributed by atoms with Gasteiger partial charge in [-0.05, 0) is 13.0 Å². The molecule has 2 rings (SSSR count). The third-order valence-corrected chi connectivity index (χ3v) is 3.31. The molecular formula is C16H22F2N4O4. The normalized spacial score (nSPS) is 12.9. The monoisotopic (exact) mass is 372 g/mol. The van der Waals surface area contributed by atoms with Gasteiger partial charge in [0.25, 0.3) is 0 Å². The highest BCUT2D eigenvalue weighted by molar-refractivity contribution is 5.80. The van der Waals surface area contributed by atoms with Gasteiger partial charge in [-0.3, -0.25) is 4.79 Å². The molecule has 144 valence electrons. The van der Waals surface area contributed by atoms with E-state index in [4.69, 9.17) is 9.47 Å². The molecule has 10 heteroatoms. The van der Waals surface area contributed by atoms with E-state index in [1.165, 1.54) is 13.0 Å². The van der Waals surface area contributed by atoms with E-state index in [1.807, 2.05) is 6.92 Å². The van der Waals surface area contributed by atoms with Crippen LogP contribution in [0.2, 0.25) is 0 Å². The van der Waals surface area contributed by atoms with E-state index in [0.717, 1.165) is 0 Å². The van der Waals surface area contributed by atoms with Gasteiger partial charge in [-0.1, -0.05) is 0 Å². The van der Waals surface area contributed by atoms with Crippen molar-refractivity contribution >= 4 is 11.9 Å². The van der Waals surface area contributed by atoms with Crippen LogP contribution in [0, 0.1) is 0 Å². The molecule has 1 aliphatic heterocycles. The molecule has 1 amide bonds. The lowest BCUT2D eigenvalue weighted by Gasteiger charge is -2.13. The van der Waals surface area contributed by atoms with Crippen LogP contribution in [0.15, 0.2) is 17.1 Å². The maximum atomic E-state index is 12.7. The SMILES string of the molecule is CCNC(=NCc1cc2c(cc1OC(F)F)OCO2)NCCNC(C)=O. The number of carbonyl (C=O) groups excluding carboxylic acids is 1. The molecule has 0 bridgehead atoms. The van der Waals surface area contributed by atoms with Crippen molar-refractivity contribution in [2.75, 3.05) is 26.4 Å². The number of hydrogen-bond donors (Lipinski definition) is 3. The molecule has 1 aliphatic rings. The largest absolute Gasteiger partial charge is 0.454 e. The minimum atomic E-state index is -2.96. The van der Waals surface area contributed by atoms with E-state index in [0.29, 0.717) is 42.7 Å². The molecule has 0 spiro atoms. The zero-order chi connectivity index (χ0) is 18.9. The standard InChI is InChI=1S/C16H22F2N4O4/c1-3-19-16(21-5-4-20-10(2)23)22-8-11-6-13-14(25-9-24-13)7-12(11)26-15(17)18/h6-7,15H,3-5,8-9H2,1-2H3,(H,20,23)(H2,19,21,22). The Bertz CT molecular complexity index is 655. The molecule has 0 saturated carbocycles. The first-order valence-corrected chi connectivity index (χ1v) is 8.13. The van der Waals surface area contributed by atoms with Crippen LogP contribution in [0.5, 0.6) is 17.2 Å². The average Bonchev–Trinajstić information content (AvgIpc) is 3.02. The van der Waals surface area contributed by atoms with Crippen LogP contribution < -0.4 is 30.2 Å². The van der Waals surface area contributed by atoms with Crippen molar-refractivity contribution in [1.82, 2.24) is 16.0 Å². The number of benzene rings is 1. The van der Waals surface area contributed by atoms with Crippen molar-refractivity contribution in [3.8, 4) is 17.2 Å². The smallest absolute Gasteiger partial charge is 0.387 e. The van der Waals surface area contributed by atoms with Gasteiger partial charge in [-0.15, -0.1) is 0 Å². The summed E-state index contributed by atoms with van der Waals surface area (Å²) in [6, 6.07) is 2.95. The third-order valence-electron chi connectivity index (χ3n) is 3.31. The van der Waals surface area contributed by atoms with Crippen LogP contribution in [-0.4, -0.2) is 44.9 Å². The maximum Gasteiger partial charge on any atom is 0.387 e. The summed E-state index contributed by atoms with van der Waals surface area (Å²) in [6.45, 7) is 2.02. The van der Waals surface area contributed by atoms with Crippen molar-refractivity contribution in [3.63, 3.8) is 0 Å². The molecule has 0 aromatic heterocycles. The molecule has 1 aromatic carbocycles. The summed E-state index contributed by atoms with van der Waals surface area (Å²) in [6.07, 6.45) is 0. The van der Waals surface area contributed by atoms with Crippen LogP contribution in [0.25, 0.3) is 0 Å². The molecule has 1 heterocycles. The molecule has 1 aromatic rings. The number of alkyl halides is 2. The molecule has 26 heavy (non-hydrogen) atoms. The molecule has 0 unspecified atom stereocenters. The highest BCUT2D eigenvalue weighted by atomic mass is 19.3. The third kappa shape index (κ3) is 5.94. The van der Waals surface area contributed by atoms with Crippen molar-refractivity contribution in [2.45, 2.75) is 27.0 Å². The molecule has 0 saturated heterocycles. The van der Waals surface area contributed by atoms with Gasteiger partial charge in [-0.2, -0.15) is 8.78 Å². The molecule has 0 aliphatic carbocycles. The highest BCUT2D eigenvalue weighted by Gasteiger charge is 2.20. The van der Waals surface area contributed by atoms with Gasteiger partial charge in [0.1, 0.15) is 5.75 Å². The maximum absolute atomic E-state index is 12.7. The number of nitrogens with one attached hydrogen (secondary N) is 3. The van der Waals surface area contributed by atoms with Crippen molar-refractivity contribution in [3.05, 3.63) is 17.7 Å². The topological polar surface area (TPSA) is 93.2 Å². The summed E-state index contributed by atoms with van der Waals surface area (Å²) < 4.78 is 40.3. The summed E-state index contributed by atoms with van der Waals surface area (Å²) in [5.74, 6) is 1.16. The second-order valence-electron chi connectivity index (χ2n) is 5.30. The lowest BCUT2D eigenvalue weighted by atomic mass is 10.1. The van der Waals surface area contributed by atoms with E-state index in [2.05, 4.69) is 25.7 Å². The van der Waals surface area contributed by atoms with E-state index >= 15 is 0 Å². The van der Waals surface area contributed by atoms with Crippen LogP contribution in [0.4, 0.5) is 8.78 Å². The van der Waals surface area contributed by atoms with Crippen LogP contribution in [0.3, 0.4) is 0 Å². The Hall–Kier alpha value is -2.78. The number of aliphatic imine (C=N–C) groups is 1. The van der Waals surface area contributed by atoms with Crippen molar-refractivity contribution < 1.29 is 27.8 Å². The van der Waals surface area contributed by atoms with Gasteiger partial charge >= 0.3 is 6.61 Å². The molecular weight excluding hydrogens is 350 g/mol.